The van der Waals surface area contributed by atoms with Crippen molar-refractivity contribution in [1.29, 1.82) is 0 Å². The fraction of sp³-hybridized carbons (Fsp3) is 0.600. The summed E-state index contributed by atoms with van der Waals surface area (Å²) in [7, 11) is 2.08. The molecular formula is C15H24NO2+. The molecule has 0 fully saturated rings. The highest BCUT2D eigenvalue weighted by atomic mass is 16.4. The van der Waals surface area contributed by atoms with Crippen molar-refractivity contribution in [2.45, 2.75) is 51.4 Å². The molecule has 1 aromatic heterocycles. The maximum Gasteiger partial charge on any atom is 0.303 e. The van der Waals surface area contributed by atoms with Gasteiger partial charge in [-0.25, -0.2) is 4.57 Å². The molecule has 18 heavy (non-hydrogen) atoms. The summed E-state index contributed by atoms with van der Waals surface area (Å²) in [6, 6.07) is 6.31. The summed E-state index contributed by atoms with van der Waals surface area (Å²) < 4.78 is 2.17. The standard InChI is InChI=1S/C15H23NO2/c1-16-13-9-8-11-14(16)10-6-4-2-3-5-7-12-15(17)18/h8-9,11,13H,2-7,10,12H2,1H3/p+1. The van der Waals surface area contributed by atoms with Crippen LogP contribution in [-0.4, -0.2) is 11.1 Å². The van der Waals surface area contributed by atoms with Crippen LogP contribution in [0.5, 0.6) is 0 Å². The highest BCUT2D eigenvalue weighted by molar-refractivity contribution is 5.66. The van der Waals surface area contributed by atoms with E-state index in [4.69, 9.17) is 5.11 Å². The van der Waals surface area contributed by atoms with Gasteiger partial charge in [-0.1, -0.05) is 31.7 Å². The van der Waals surface area contributed by atoms with Crippen LogP contribution in [0.25, 0.3) is 0 Å². The van der Waals surface area contributed by atoms with Gasteiger partial charge < -0.3 is 5.11 Å². The fourth-order valence-electron chi connectivity index (χ4n) is 2.11. The normalized spacial score (nSPS) is 10.5. The molecule has 1 aromatic rings. The quantitative estimate of drug-likeness (QED) is 0.541. The van der Waals surface area contributed by atoms with Gasteiger partial charge in [0.05, 0.1) is 0 Å². The molecule has 0 amide bonds. The van der Waals surface area contributed by atoms with Crippen molar-refractivity contribution >= 4 is 5.97 Å². The van der Waals surface area contributed by atoms with Gasteiger partial charge in [-0.15, -0.1) is 0 Å². The first kappa shape index (κ1) is 14.7. The molecule has 0 aromatic carbocycles. The van der Waals surface area contributed by atoms with E-state index in [2.05, 4.69) is 29.9 Å². The number of aromatic nitrogens is 1. The largest absolute Gasteiger partial charge is 0.481 e. The van der Waals surface area contributed by atoms with Crippen LogP contribution >= 0.6 is 0 Å². The van der Waals surface area contributed by atoms with E-state index in [0.29, 0.717) is 6.42 Å². The van der Waals surface area contributed by atoms with Gasteiger partial charge in [-0.3, -0.25) is 4.79 Å². The number of pyridine rings is 1. The number of unbranched alkanes of at least 4 members (excludes halogenated alkanes) is 5. The smallest absolute Gasteiger partial charge is 0.303 e. The van der Waals surface area contributed by atoms with E-state index in [0.717, 1.165) is 25.7 Å². The van der Waals surface area contributed by atoms with Crippen LogP contribution in [-0.2, 0) is 18.3 Å². The Balaban J connectivity index is 1.99. The van der Waals surface area contributed by atoms with E-state index < -0.39 is 5.97 Å². The number of rotatable bonds is 9. The Labute approximate surface area is 109 Å². The summed E-state index contributed by atoms with van der Waals surface area (Å²) in [4.78, 5) is 10.3. The number of carbonyl (C=O) groups is 1. The number of aliphatic carboxylic acids is 1. The van der Waals surface area contributed by atoms with Crippen LogP contribution in [0.3, 0.4) is 0 Å². The third kappa shape index (κ3) is 6.38. The first-order valence-electron chi connectivity index (χ1n) is 6.85. The minimum absolute atomic E-state index is 0.319. The first-order chi connectivity index (χ1) is 8.70. The Kier molecular flexibility index (Phi) is 7.07. The zero-order chi connectivity index (χ0) is 13.2. The van der Waals surface area contributed by atoms with Crippen LogP contribution in [0.1, 0.15) is 50.6 Å². The van der Waals surface area contributed by atoms with Crippen molar-refractivity contribution in [2.24, 2.45) is 7.05 Å². The summed E-state index contributed by atoms with van der Waals surface area (Å²) in [6.45, 7) is 0. The second-order valence-electron chi connectivity index (χ2n) is 4.82. The maximum atomic E-state index is 10.3. The van der Waals surface area contributed by atoms with Crippen LogP contribution in [0, 0.1) is 0 Å². The predicted octanol–water partition coefficient (Wildman–Crippen LogP) is 2.87. The number of carboxylic acid groups (broad SMARTS) is 1. The zero-order valence-electron chi connectivity index (χ0n) is 11.3. The fourth-order valence-corrected chi connectivity index (χ4v) is 2.11. The van der Waals surface area contributed by atoms with Crippen LogP contribution in [0.2, 0.25) is 0 Å². The van der Waals surface area contributed by atoms with Gasteiger partial charge in [0.25, 0.3) is 0 Å². The summed E-state index contributed by atoms with van der Waals surface area (Å²) in [5, 5.41) is 8.50. The second kappa shape index (κ2) is 8.67. The Bertz CT molecular complexity index is 363. The van der Waals surface area contributed by atoms with E-state index in [-0.39, 0.29) is 0 Å². The molecule has 0 radical (unpaired) electrons. The third-order valence-corrected chi connectivity index (χ3v) is 3.24. The summed E-state index contributed by atoms with van der Waals surface area (Å²) in [6.07, 6.45) is 10.2. The van der Waals surface area contributed by atoms with Gasteiger partial charge >= 0.3 is 5.97 Å². The average Bonchev–Trinajstić information content (AvgIpc) is 2.34. The lowest BCUT2D eigenvalue weighted by Crippen LogP contribution is -2.32. The number of carboxylic acids is 1. The zero-order valence-corrected chi connectivity index (χ0v) is 11.3. The van der Waals surface area contributed by atoms with Crippen LogP contribution < -0.4 is 4.57 Å². The topological polar surface area (TPSA) is 41.2 Å². The SMILES string of the molecule is C[n+]1ccccc1CCCCCCCCC(=O)O. The molecule has 0 aliphatic rings. The van der Waals surface area contributed by atoms with Gasteiger partial charge in [-0.2, -0.15) is 0 Å². The van der Waals surface area contributed by atoms with Crippen molar-refractivity contribution in [1.82, 2.24) is 0 Å². The molecule has 100 valence electrons. The first-order valence-corrected chi connectivity index (χ1v) is 6.85. The predicted molar refractivity (Wildman–Crippen MR) is 71.3 cm³/mol. The van der Waals surface area contributed by atoms with Crippen molar-refractivity contribution in [3.05, 3.63) is 30.1 Å². The lowest BCUT2D eigenvalue weighted by Gasteiger charge is -2.01. The van der Waals surface area contributed by atoms with Crippen molar-refractivity contribution in [3.63, 3.8) is 0 Å². The summed E-state index contributed by atoms with van der Waals surface area (Å²) >= 11 is 0. The number of hydrogen-bond acceptors (Lipinski definition) is 1. The van der Waals surface area contributed by atoms with Gasteiger partial charge in [0.2, 0.25) is 0 Å². The molecule has 0 saturated carbocycles. The molecule has 0 atom stereocenters. The van der Waals surface area contributed by atoms with E-state index in [1.54, 1.807) is 0 Å². The van der Waals surface area contributed by atoms with E-state index >= 15 is 0 Å². The molecule has 0 unspecified atom stereocenters. The van der Waals surface area contributed by atoms with E-state index in [1.165, 1.54) is 25.0 Å². The van der Waals surface area contributed by atoms with Gasteiger partial charge in [0.15, 0.2) is 11.9 Å². The molecular weight excluding hydrogens is 226 g/mol. The Morgan fingerprint density at radius 1 is 1.11 bits per heavy atom. The maximum absolute atomic E-state index is 10.3. The highest BCUT2D eigenvalue weighted by Gasteiger charge is 2.03. The monoisotopic (exact) mass is 250 g/mol. The van der Waals surface area contributed by atoms with Crippen molar-refractivity contribution in [3.8, 4) is 0 Å². The van der Waals surface area contributed by atoms with Crippen molar-refractivity contribution in [2.75, 3.05) is 0 Å². The van der Waals surface area contributed by atoms with Crippen LogP contribution in [0.4, 0.5) is 0 Å². The second-order valence-corrected chi connectivity index (χ2v) is 4.82. The van der Waals surface area contributed by atoms with Gasteiger partial charge in [-0.05, 0) is 12.8 Å². The molecule has 0 spiro atoms. The third-order valence-electron chi connectivity index (χ3n) is 3.24. The number of hydrogen-bond donors (Lipinski definition) is 1. The minimum atomic E-state index is -0.674. The molecule has 3 nitrogen and oxygen atoms in total. The lowest BCUT2D eigenvalue weighted by atomic mass is 10.1. The number of nitrogens with zero attached hydrogens (tertiary/aromatic N) is 1. The molecule has 1 rings (SSSR count). The van der Waals surface area contributed by atoms with E-state index in [9.17, 15) is 4.79 Å². The Morgan fingerprint density at radius 3 is 2.44 bits per heavy atom. The summed E-state index contributed by atoms with van der Waals surface area (Å²) in [5.74, 6) is -0.674. The summed E-state index contributed by atoms with van der Waals surface area (Å²) in [5.41, 5.74) is 1.38. The molecule has 0 bridgehead atoms. The van der Waals surface area contributed by atoms with Crippen molar-refractivity contribution < 1.29 is 14.5 Å². The Hall–Kier alpha value is -1.38. The molecule has 0 aliphatic carbocycles. The van der Waals surface area contributed by atoms with Gasteiger partial charge in [0.1, 0.15) is 7.05 Å². The molecule has 0 aliphatic heterocycles. The average molecular weight is 250 g/mol. The molecule has 0 saturated heterocycles. The molecule has 1 N–H and O–H groups in total. The van der Waals surface area contributed by atoms with Gasteiger partial charge in [0, 0.05) is 25.0 Å². The molecule has 3 heteroatoms. The number of aryl methyl sites for hydroxylation is 2. The minimum Gasteiger partial charge on any atom is -0.481 e. The lowest BCUT2D eigenvalue weighted by molar-refractivity contribution is -0.679. The van der Waals surface area contributed by atoms with E-state index in [1.807, 2.05) is 6.07 Å². The Morgan fingerprint density at radius 2 is 1.78 bits per heavy atom. The molecule has 1 heterocycles. The van der Waals surface area contributed by atoms with Crippen LogP contribution in [0.15, 0.2) is 24.4 Å². The highest BCUT2D eigenvalue weighted by Crippen LogP contribution is 2.09.